The Morgan fingerprint density at radius 1 is 0.829 bits per heavy atom. The molecule has 4 nitrogen and oxygen atoms in total. The molecule has 0 N–H and O–H groups in total. The van der Waals surface area contributed by atoms with E-state index in [9.17, 15) is 12.8 Å². The van der Waals surface area contributed by atoms with E-state index < -0.39 is 10.0 Å². The lowest BCUT2D eigenvalue weighted by Gasteiger charge is -2.10. The molecule has 174 valence electrons. The zero-order valence-electron chi connectivity index (χ0n) is 18.8. The molecule has 0 unspecified atom stereocenters. The first-order valence-electron chi connectivity index (χ1n) is 10.9. The van der Waals surface area contributed by atoms with E-state index in [0.29, 0.717) is 17.0 Å². The fourth-order valence-electron chi connectivity index (χ4n) is 3.94. The highest BCUT2D eigenvalue weighted by Crippen LogP contribution is 2.38. The Labute approximate surface area is 207 Å². The van der Waals surface area contributed by atoms with Gasteiger partial charge in [-0.2, -0.15) is 12.8 Å². The number of rotatable bonds is 6. The zero-order chi connectivity index (χ0) is 24.4. The average Bonchev–Trinajstić information content (AvgIpc) is 3.16. The number of pyridine rings is 1. The van der Waals surface area contributed by atoms with Crippen LogP contribution in [-0.2, 0) is 10.0 Å². The Balaban J connectivity index is 1.75. The van der Waals surface area contributed by atoms with Gasteiger partial charge in [-0.25, -0.2) is 4.39 Å². The topological polar surface area (TPSA) is 50.9 Å². The number of nitrogens with zero attached hydrogens (tertiary/aromatic N) is 2. The highest BCUT2D eigenvalue weighted by Gasteiger charge is 2.24. The first-order valence-corrected chi connectivity index (χ1v) is 13.2. The lowest BCUT2D eigenvalue weighted by molar-refractivity contribution is 0.598. The minimum atomic E-state index is -3.97. The highest BCUT2D eigenvalue weighted by atomic mass is 32.2. The molecule has 0 bridgehead atoms. The van der Waals surface area contributed by atoms with Gasteiger partial charge in [-0.05, 0) is 61.0 Å². The van der Waals surface area contributed by atoms with E-state index in [1.54, 1.807) is 42.5 Å². The van der Waals surface area contributed by atoms with E-state index in [4.69, 9.17) is 0 Å². The quantitative estimate of drug-likeness (QED) is 0.242. The van der Waals surface area contributed by atoms with Crippen LogP contribution in [0.25, 0.3) is 5.52 Å². The number of hydrogen-bond donors (Lipinski definition) is 0. The van der Waals surface area contributed by atoms with Crippen LogP contribution in [0.5, 0.6) is 0 Å². The molecule has 0 aliphatic carbocycles. The van der Waals surface area contributed by atoms with E-state index in [0.717, 1.165) is 20.9 Å². The van der Waals surface area contributed by atoms with Crippen molar-refractivity contribution in [2.24, 2.45) is 4.40 Å². The van der Waals surface area contributed by atoms with Crippen molar-refractivity contribution >= 4 is 33.0 Å². The number of halogens is 1. The smallest absolute Gasteiger partial charge is 0.282 e. The molecule has 0 saturated carbocycles. The third-order valence-electron chi connectivity index (χ3n) is 5.59. The molecule has 5 rings (SSSR count). The van der Waals surface area contributed by atoms with Crippen molar-refractivity contribution in [1.82, 2.24) is 4.40 Å². The van der Waals surface area contributed by atoms with Crippen LogP contribution in [0.15, 0.2) is 128 Å². The predicted octanol–water partition coefficient (Wildman–Crippen LogP) is 6.76. The van der Waals surface area contributed by atoms with Crippen molar-refractivity contribution in [1.29, 1.82) is 0 Å². The first kappa shape index (κ1) is 23.1. The van der Waals surface area contributed by atoms with E-state index in [1.807, 2.05) is 66.1 Å². The second-order valence-electron chi connectivity index (χ2n) is 7.91. The van der Waals surface area contributed by atoms with Crippen molar-refractivity contribution < 1.29 is 12.8 Å². The minimum absolute atomic E-state index is 0.132. The molecule has 2 aromatic heterocycles. The fourth-order valence-corrected chi connectivity index (χ4v) is 6.01. The van der Waals surface area contributed by atoms with Gasteiger partial charge in [0.25, 0.3) is 10.0 Å². The van der Waals surface area contributed by atoms with Crippen molar-refractivity contribution in [3.63, 3.8) is 0 Å². The summed E-state index contributed by atoms with van der Waals surface area (Å²) in [6, 6.07) is 29.7. The summed E-state index contributed by atoms with van der Waals surface area (Å²) in [7, 11) is -3.97. The summed E-state index contributed by atoms with van der Waals surface area (Å²) in [4.78, 5) is 1.97. The third kappa shape index (κ3) is 4.65. The average molecular weight is 501 g/mol. The fraction of sp³-hybridized carbons (Fsp3) is 0.0357. The number of sulfonamides is 1. The third-order valence-corrected chi connectivity index (χ3v) is 8.10. The number of fused-ring (bicyclic) bond motifs is 1. The van der Waals surface area contributed by atoms with Crippen LogP contribution < -0.4 is 0 Å². The molecule has 3 aromatic carbocycles. The number of hydrogen-bond acceptors (Lipinski definition) is 3. The van der Waals surface area contributed by atoms with E-state index in [1.165, 1.54) is 23.9 Å². The second kappa shape index (κ2) is 9.52. The van der Waals surface area contributed by atoms with Gasteiger partial charge in [0.15, 0.2) is 0 Å². The molecule has 0 spiro atoms. The highest BCUT2D eigenvalue weighted by molar-refractivity contribution is 7.99. The monoisotopic (exact) mass is 500 g/mol. The largest absolute Gasteiger partial charge is 0.314 e. The van der Waals surface area contributed by atoms with Gasteiger partial charge in [-0.1, -0.05) is 66.4 Å². The Hall–Kier alpha value is -3.68. The summed E-state index contributed by atoms with van der Waals surface area (Å²) in [6.07, 6.45) is 1.90. The molecular weight excluding hydrogens is 479 g/mol. The van der Waals surface area contributed by atoms with Crippen molar-refractivity contribution in [3.8, 4) is 0 Å². The van der Waals surface area contributed by atoms with Crippen LogP contribution in [0.4, 0.5) is 4.39 Å². The lowest BCUT2D eigenvalue weighted by atomic mass is 10.1. The van der Waals surface area contributed by atoms with Crippen LogP contribution in [0, 0.1) is 12.7 Å². The van der Waals surface area contributed by atoms with Crippen molar-refractivity contribution in [2.75, 3.05) is 0 Å². The number of benzene rings is 3. The Kier molecular flexibility index (Phi) is 6.28. The van der Waals surface area contributed by atoms with Crippen LogP contribution in [0.1, 0.15) is 16.8 Å². The summed E-state index contributed by atoms with van der Waals surface area (Å²) >= 11 is 1.51. The van der Waals surface area contributed by atoms with Gasteiger partial charge >= 0.3 is 0 Å². The van der Waals surface area contributed by atoms with Crippen molar-refractivity contribution in [3.05, 3.63) is 132 Å². The molecule has 35 heavy (non-hydrogen) atoms. The molecule has 5 aromatic rings. The first-order chi connectivity index (χ1) is 16.9. The van der Waals surface area contributed by atoms with Gasteiger partial charge < -0.3 is 4.40 Å². The van der Waals surface area contributed by atoms with Gasteiger partial charge in [0.1, 0.15) is 11.5 Å². The minimum Gasteiger partial charge on any atom is -0.314 e. The maximum atomic E-state index is 13.5. The Morgan fingerprint density at radius 2 is 1.46 bits per heavy atom. The van der Waals surface area contributed by atoms with Gasteiger partial charge in [0.2, 0.25) is 0 Å². The van der Waals surface area contributed by atoms with Gasteiger partial charge in [0.05, 0.1) is 16.1 Å². The predicted molar refractivity (Wildman–Crippen MR) is 138 cm³/mol. The number of aromatic nitrogens is 1. The maximum Gasteiger partial charge on any atom is 0.282 e. The molecule has 0 atom stereocenters. The van der Waals surface area contributed by atoms with E-state index in [2.05, 4.69) is 4.40 Å². The molecule has 0 amide bonds. The normalized spacial score (nSPS) is 12.2. The van der Waals surface area contributed by atoms with E-state index >= 15 is 0 Å². The zero-order valence-corrected chi connectivity index (χ0v) is 20.4. The van der Waals surface area contributed by atoms with Crippen LogP contribution in [0.3, 0.4) is 0 Å². The maximum absolute atomic E-state index is 13.5. The molecule has 2 heterocycles. The van der Waals surface area contributed by atoms with Gasteiger partial charge in [-0.3, -0.25) is 0 Å². The van der Waals surface area contributed by atoms with Gasteiger partial charge in [-0.15, -0.1) is 0 Å². The Bertz CT molecular complexity index is 1630. The molecule has 0 saturated heterocycles. The van der Waals surface area contributed by atoms with E-state index in [-0.39, 0.29) is 10.7 Å². The summed E-state index contributed by atoms with van der Waals surface area (Å²) < 4.78 is 46.5. The molecule has 0 aliphatic heterocycles. The van der Waals surface area contributed by atoms with Crippen LogP contribution >= 0.6 is 11.8 Å². The molecule has 0 fully saturated rings. The summed E-state index contributed by atoms with van der Waals surface area (Å²) in [5.41, 5.74) is 3.54. The second-order valence-corrected chi connectivity index (χ2v) is 10.6. The Morgan fingerprint density at radius 3 is 2.14 bits per heavy atom. The lowest BCUT2D eigenvalue weighted by Crippen LogP contribution is -2.12. The summed E-state index contributed by atoms with van der Waals surface area (Å²) in [6.45, 7) is 1.96. The van der Waals surface area contributed by atoms with Crippen LogP contribution in [-0.4, -0.2) is 18.5 Å². The standard InChI is InChI=1S/C28H21FN2O2S2/c1-20-27(31-19-9-8-14-25(31)28(20)34-23-17-15-22(29)16-18-23)26(21-10-4-2-5-11-21)30-35(32,33)24-12-6-3-7-13-24/h2-19H,1H3/b30-26+. The SMILES string of the molecule is Cc1c(Sc2ccc(F)cc2)c2ccccn2c1/C(=N/S(=O)(=O)c1ccccc1)c1ccccc1. The summed E-state index contributed by atoms with van der Waals surface area (Å²) in [5.74, 6) is -0.293. The van der Waals surface area contributed by atoms with Crippen molar-refractivity contribution in [2.45, 2.75) is 21.6 Å². The molecule has 0 aliphatic rings. The molecule has 7 heteroatoms. The van der Waals surface area contributed by atoms with Gasteiger partial charge in [0, 0.05) is 21.6 Å². The molecule has 0 radical (unpaired) electrons. The summed E-state index contributed by atoms with van der Waals surface area (Å²) in [5, 5.41) is 0. The van der Waals surface area contributed by atoms with Crippen LogP contribution in [0.2, 0.25) is 0 Å². The molecular formula is C28H21FN2O2S2.